The Morgan fingerprint density at radius 1 is 1.31 bits per heavy atom. The monoisotopic (exact) mass is 230 g/mol. The lowest BCUT2D eigenvalue weighted by Crippen LogP contribution is -1.81. The number of nitrogens with two attached hydrogens (primary N) is 1. The highest BCUT2D eigenvalue weighted by atomic mass is 32.1. The van der Waals surface area contributed by atoms with E-state index in [-0.39, 0.29) is 0 Å². The van der Waals surface area contributed by atoms with Crippen LogP contribution in [0.15, 0.2) is 30.3 Å². The van der Waals surface area contributed by atoms with Crippen molar-refractivity contribution < 1.29 is 4.74 Å². The topological polar surface area (TPSA) is 59.0 Å². The second-order valence-corrected chi connectivity index (χ2v) is 4.31. The molecule has 0 bridgehead atoms. The van der Waals surface area contributed by atoms with Gasteiger partial charge in [0.05, 0.1) is 12.7 Å². The predicted octanol–water partition coefficient (Wildman–Crippen LogP) is 2.88. The molecule has 1 aromatic carbocycles. The maximum Gasteiger partial charge on any atom is 0.118 e. The van der Waals surface area contributed by atoms with Gasteiger partial charge in [-0.25, -0.2) is 0 Å². The number of benzene rings is 1. The highest BCUT2D eigenvalue weighted by Crippen LogP contribution is 2.33. The van der Waals surface area contributed by atoms with Crippen LogP contribution in [0.5, 0.6) is 5.75 Å². The average molecular weight is 230 g/mol. The summed E-state index contributed by atoms with van der Waals surface area (Å²) in [5.41, 5.74) is 7.30. The summed E-state index contributed by atoms with van der Waals surface area (Å²) in [7, 11) is 1.63. The summed E-state index contributed by atoms with van der Waals surface area (Å²) in [5, 5.41) is 9.38. The molecule has 0 aliphatic carbocycles. The molecule has 0 fully saturated rings. The first-order valence-corrected chi connectivity index (χ1v) is 5.50. The normalized spacial score (nSPS) is 9.75. The maximum absolute atomic E-state index is 8.82. The molecule has 0 unspecified atom stereocenters. The Morgan fingerprint density at radius 3 is 2.50 bits per heavy atom. The smallest absolute Gasteiger partial charge is 0.118 e. The fourth-order valence-electron chi connectivity index (χ4n) is 1.39. The van der Waals surface area contributed by atoms with Crippen LogP contribution in [0, 0.1) is 11.3 Å². The summed E-state index contributed by atoms with van der Waals surface area (Å²) < 4.78 is 5.08. The number of nitrogen functional groups attached to an aromatic ring is 1. The second-order valence-electron chi connectivity index (χ2n) is 3.23. The molecule has 0 aliphatic heterocycles. The van der Waals surface area contributed by atoms with Crippen molar-refractivity contribution >= 4 is 16.3 Å². The Labute approximate surface area is 97.7 Å². The molecule has 0 saturated heterocycles. The van der Waals surface area contributed by atoms with Gasteiger partial charge in [-0.3, -0.25) is 0 Å². The molecule has 2 N–H and O–H groups in total. The van der Waals surface area contributed by atoms with Gasteiger partial charge in [0.1, 0.15) is 16.8 Å². The Morgan fingerprint density at radius 2 is 2.00 bits per heavy atom. The molecule has 0 atom stereocenters. The average Bonchev–Trinajstić information content (AvgIpc) is 2.71. The quantitative estimate of drug-likeness (QED) is 0.863. The van der Waals surface area contributed by atoms with Crippen LogP contribution in [0.25, 0.3) is 10.4 Å². The fraction of sp³-hybridized carbons (Fsp3) is 0.0833. The molecule has 3 nitrogen and oxygen atoms in total. The largest absolute Gasteiger partial charge is 0.497 e. The third kappa shape index (κ3) is 1.86. The van der Waals surface area contributed by atoms with E-state index < -0.39 is 0 Å². The van der Waals surface area contributed by atoms with Crippen molar-refractivity contribution in [3.05, 3.63) is 35.9 Å². The lowest BCUT2D eigenvalue weighted by atomic mass is 10.1. The van der Waals surface area contributed by atoms with E-state index >= 15 is 0 Å². The van der Waals surface area contributed by atoms with E-state index in [9.17, 15) is 0 Å². The molecule has 16 heavy (non-hydrogen) atoms. The molecule has 0 saturated carbocycles. The Hall–Kier alpha value is -1.99. The van der Waals surface area contributed by atoms with Crippen molar-refractivity contribution in [3.8, 4) is 22.3 Å². The molecule has 2 aromatic rings. The first-order chi connectivity index (χ1) is 7.74. The first-order valence-electron chi connectivity index (χ1n) is 4.68. The van der Waals surface area contributed by atoms with E-state index in [0.717, 1.165) is 16.2 Å². The van der Waals surface area contributed by atoms with E-state index in [1.807, 2.05) is 30.3 Å². The predicted molar refractivity (Wildman–Crippen MR) is 65.4 cm³/mol. The summed E-state index contributed by atoms with van der Waals surface area (Å²) in [6.45, 7) is 0. The van der Waals surface area contributed by atoms with Crippen LogP contribution in [-0.4, -0.2) is 7.11 Å². The summed E-state index contributed by atoms with van der Waals surface area (Å²) in [6.07, 6.45) is 0. The summed E-state index contributed by atoms with van der Waals surface area (Å²) in [4.78, 5) is 0.997. The molecule has 4 heteroatoms. The minimum Gasteiger partial charge on any atom is -0.497 e. The van der Waals surface area contributed by atoms with Crippen LogP contribution >= 0.6 is 11.3 Å². The maximum atomic E-state index is 8.82. The molecule has 2 rings (SSSR count). The van der Waals surface area contributed by atoms with E-state index in [1.165, 1.54) is 11.3 Å². The summed E-state index contributed by atoms with van der Waals surface area (Å²) in [5.74, 6) is 0.814. The highest BCUT2D eigenvalue weighted by Gasteiger charge is 2.07. The number of nitriles is 1. The van der Waals surface area contributed by atoms with Crippen LogP contribution in [0.2, 0.25) is 0 Å². The van der Waals surface area contributed by atoms with Crippen LogP contribution in [0.1, 0.15) is 5.56 Å². The third-order valence-electron chi connectivity index (χ3n) is 2.26. The zero-order valence-corrected chi connectivity index (χ0v) is 9.54. The lowest BCUT2D eigenvalue weighted by molar-refractivity contribution is 0.415. The van der Waals surface area contributed by atoms with Gasteiger partial charge in [0.25, 0.3) is 0 Å². The zero-order chi connectivity index (χ0) is 11.5. The molecule has 0 aliphatic rings. The van der Waals surface area contributed by atoms with Crippen molar-refractivity contribution in [2.24, 2.45) is 0 Å². The second kappa shape index (κ2) is 4.25. The lowest BCUT2D eigenvalue weighted by Gasteiger charge is -2.00. The molecule has 1 aromatic heterocycles. The van der Waals surface area contributed by atoms with Gasteiger partial charge in [0.2, 0.25) is 0 Å². The fourth-order valence-corrected chi connectivity index (χ4v) is 2.27. The summed E-state index contributed by atoms with van der Waals surface area (Å²) in [6, 6.07) is 11.5. The Balaban J connectivity index is 2.39. The van der Waals surface area contributed by atoms with E-state index in [1.54, 1.807) is 7.11 Å². The van der Waals surface area contributed by atoms with Crippen molar-refractivity contribution in [2.75, 3.05) is 12.8 Å². The van der Waals surface area contributed by atoms with Gasteiger partial charge in [-0.1, -0.05) is 0 Å². The van der Waals surface area contributed by atoms with E-state index in [4.69, 9.17) is 15.7 Å². The van der Waals surface area contributed by atoms with Gasteiger partial charge in [0.15, 0.2) is 0 Å². The molecule has 1 heterocycles. The standard InChI is InChI=1S/C12H10N2OS/c1-15-10-4-2-8(3-5-10)11-6-9(7-13)12(14)16-11/h2-6H,14H2,1H3. The van der Waals surface area contributed by atoms with Gasteiger partial charge >= 0.3 is 0 Å². The van der Waals surface area contributed by atoms with E-state index in [2.05, 4.69) is 6.07 Å². The summed E-state index contributed by atoms with van der Waals surface area (Å²) >= 11 is 1.42. The SMILES string of the molecule is COc1ccc(-c2cc(C#N)c(N)s2)cc1. The first kappa shape index (κ1) is 10.5. The number of thiophene rings is 1. The Kier molecular flexibility index (Phi) is 2.80. The molecule has 80 valence electrons. The number of methoxy groups -OCH3 is 1. The van der Waals surface area contributed by atoms with Crippen molar-refractivity contribution in [2.45, 2.75) is 0 Å². The van der Waals surface area contributed by atoms with E-state index in [0.29, 0.717) is 10.6 Å². The molecule has 0 radical (unpaired) electrons. The molecular weight excluding hydrogens is 220 g/mol. The number of nitrogens with zero attached hydrogens (tertiary/aromatic N) is 1. The van der Waals surface area contributed by atoms with Crippen LogP contribution in [0.3, 0.4) is 0 Å². The van der Waals surface area contributed by atoms with Crippen LogP contribution in [0.4, 0.5) is 5.00 Å². The van der Waals surface area contributed by atoms with Gasteiger partial charge in [-0.2, -0.15) is 5.26 Å². The number of hydrogen-bond donors (Lipinski definition) is 1. The molecule has 0 amide bonds. The van der Waals surface area contributed by atoms with Crippen molar-refractivity contribution in [3.63, 3.8) is 0 Å². The zero-order valence-electron chi connectivity index (χ0n) is 8.73. The highest BCUT2D eigenvalue weighted by molar-refractivity contribution is 7.19. The van der Waals surface area contributed by atoms with Gasteiger partial charge < -0.3 is 10.5 Å². The molecular formula is C12H10N2OS. The van der Waals surface area contributed by atoms with Crippen molar-refractivity contribution in [1.82, 2.24) is 0 Å². The minimum absolute atomic E-state index is 0.538. The number of ether oxygens (including phenoxy) is 1. The van der Waals surface area contributed by atoms with Gasteiger partial charge in [0, 0.05) is 4.88 Å². The number of rotatable bonds is 2. The van der Waals surface area contributed by atoms with Crippen molar-refractivity contribution in [1.29, 1.82) is 5.26 Å². The van der Waals surface area contributed by atoms with Crippen LogP contribution < -0.4 is 10.5 Å². The number of hydrogen-bond acceptors (Lipinski definition) is 4. The van der Waals surface area contributed by atoms with Gasteiger partial charge in [-0.05, 0) is 35.9 Å². The van der Waals surface area contributed by atoms with Crippen LogP contribution in [-0.2, 0) is 0 Å². The molecule has 0 spiro atoms. The minimum atomic E-state index is 0.538. The third-order valence-corrected chi connectivity index (χ3v) is 3.27. The Bertz CT molecular complexity index is 537. The number of anilines is 1. The van der Waals surface area contributed by atoms with Gasteiger partial charge in [-0.15, -0.1) is 11.3 Å².